The van der Waals surface area contributed by atoms with Crippen LogP contribution >= 0.6 is 23.2 Å². The highest BCUT2D eigenvalue weighted by atomic mass is 35.5. The van der Waals surface area contributed by atoms with Gasteiger partial charge in [-0.15, -0.1) is 0 Å². The van der Waals surface area contributed by atoms with Gasteiger partial charge < -0.3 is 10.1 Å². The fourth-order valence-electron chi connectivity index (χ4n) is 2.04. The molecule has 2 aromatic carbocycles. The van der Waals surface area contributed by atoms with Crippen molar-refractivity contribution in [3.05, 3.63) is 69.7 Å². The molecular weight excluding hydrogens is 349 g/mol. The van der Waals surface area contributed by atoms with Crippen molar-refractivity contribution in [2.45, 2.75) is 26.0 Å². The lowest BCUT2D eigenvalue weighted by Crippen LogP contribution is -2.35. The molecule has 0 aromatic heterocycles. The molecule has 0 aliphatic carbocycles. The lowest BCUT2D eigenvalue weighted by Gasteiger charge is -2.13. The van der Waals surface area contributed by atoms with Crippen molar-refractivity contribution < 1.29 is 14.3 Å². The van der Waals surface area contributed by atoms with Crippen LogP contribution in [0.2, 0.25) is 10.0 Å². The molecule has 0 spiro atoms. The maximum absolute atomic E-state index is 12.0. The second-order valence-electron chi connectivity index (χ2n) is 5.26. The highest BCUT2D eigenvalue weighted by Crippen LogP contribution is 2.22. The number of hydrogen-bond acceptors (Lipinski definition) is 3. The molecule has 0 heterocycles. The predicted octanol–water partition coefficient (Wildman–Crippen LogP) is 3.78. The normalized spacial score (nSPS) is 11.6. The number of halogens is 2. The first-order valence-corrected chi connectivity index (χ1v) is 8.16. The van der Waals surface area contributed by atoms with Gasteiger partial charge in [-0.2, -0.15) is 0 Å². The van der Waals surface area contributed by atoms with Gasteiger partial charge in [-0.25, -0.2) is 0 Å². The number of ether oxygens (including phenoxy) is 1. The highest BCUT2D eigenvalue weighted by Gasteiger charge is 2.18. The van der Waals surface area contributed by atoms with E-state index in [1.807, 2.05) is 30.3 Å². The smallest absolute Gasteiger partial charge is 0.311 e. The SMILES string of the molecule is C[C@@H](OC(=O)Cc1ccc(Cl)c(Cl)c1)C(=O)NCc1ccccc1. The van der Waals surface area contributed by atoms with Gasteiger partial charge in [0.15, 0.2) is 6.10 Å². The van der Waals surface area contributed by atoms with E-state index in [0.29, 0.717) is 22.2 Å². The third-order valence-electron chi connectivity index (χ3n) is 3.32. The Morgan fingerprint density at radius 1 is 1.04 bits per heavy atom. The molecule has 2 aromatic rings. The first kappa shape index (κ1) is 18.3. The van der Waals surface area contributed by atoms with E-state index in [0.717, 1.165) is 5.56 Å². The summed E-state index contributed by atoms with van der Waals surface area (Å²) in [6, 6.07) is 14.4. The summed E-state index contributed by atoms with van der Waals surface area (Å²) >= 11 is 11.7. The van der Waals surface area contributed by atoms with Gasteiger partial charge in [0, 0.05) is 6.54 Å². The van der Waals surface area contributed by atoms with Crippen molar-refractivity contribution in [1.29, 1.82) is 0 Å². The van der Waals surface area contributed by atoms with Gasteiger partial charge in [-0.1, -0.05) is 59.6 Å². The second kappa shape index (κ2) is 8.71. The fraction of sp³-hybridized carbons (Fsp3) is 0.222. The van der Waals surface area contributed by atoms with Crippen molar-refractivity contribution in [2.24, 2.45) is 0 Å². The summed E-state index contributed by atoms with van der Waals surface area (Å²) in [6.45, 7) is 1.92. The average molecular weight is 366 g/mol. The molecule has 0 fully saturated rings. The number of esters is 1. The lowest BCUT2D eigenvalue weighted by molar-refractivity contribution is -0.154. The van der Waals surface area contributed by atoms with Crippen molar-refractivity contribution in [3.63, 3.8) is 0 Å². The minimum Gasteiger partial charge on any atom is -0.452 e. The van der Waals surface area contributed by atoms with Crippen molar-refractivity contribution in [3.8, 4) is 0 Å². The summed E-state index contributed by atoms with van der Waals surface area (Å²) in [6.07, 6.45) is -0.850. The lowest BCUT2D eigenvalue weighted by atomic mass is 10.1. The molecule has 0 saturated heterocycles. The molecule has 24 heavy (non-hydrogen) atoms. The van der Waals surface area contributed by atoms with Crippen LogP contribution in [0, 0.1) is 0 Å². The number of carbonyl (C=O) groups is 2. The maximum atomic E-state index is 12.0. The van der Waals surface area contributed by atoms with Gasteiger partial charge in [0.1, 0.15) is 0 Å². The molecule has 0 aliphatic rings. The minimum atomic E-state index is -0.871. The van der Waals surface area contributed by atoms with E-state index in [-0.39, 0.29) is 12.3 Å². The van der Waals surface area contributed by atoms with Gasteiger partial charge in [0.2, 0.25) is 0 Å². The number of rotatable bonds is 6. The van der Waals surface area contributed by atoms with E-state index in [1.165, 1.54) is 6.92 Å². The number of benzene rings is 2. The molecule has 4 nitrogen and oxygen atoms in total. The van der Waals surface area contributed by atoms with Gasteiger partial charge in [0.25, 0.3) is 5.91 Å². The zero-order chi connectivity index (χ0) is 17.5. The Hall–Kier alpha value is -2.04. The van der Waals surface area contributed by atoms with E-state index in [9.17, 15) is 9.59 Å². The Morgan fingerprint density at radius 3 is 2.42 bits per heavy atom. The molecule has 0 radical (unpaired) electrons. The largest absolute Gasteiger partial charge is 0.452 e. The third kappa shape index (κ3) is 5.55. The third-order valence-corrected chi connectivity index (χ3v) is 4.06. The summed E-state index contributed by atoms with van der Waals surface area (Å²) in [4.78, 5) is 23.9. The molecular formula is C18H17Cl2NO3. The summed E-state index contributed by atoms with van der Waals surface area (Å²) in [5, 5.41) is 3.52. The van der Waals surface area contributed by atoms with Crippen LogP contribution in [-0.4, -0.2) is 18.0 Å². The number of amides is 1. The molecule has 2 rings (SSSR count). The van der Waals surface area contributed by atoms with Gasteiger partial charge >= 0.3 is 5.97 Å². The van der Waals surface area contributed by atoms with Crippen LogP contribution in [0.25, 0.3) is 0 Å². The van der Waals surface area contributed by atoms with Gasteiger partial charge in [0.05, 0.1) is 16.5 Å². The van der Waals surface area contributed by atoms with E-state index < -0.39 is 12.1 Å². The summed E-state index contributed by atoms with van der Waals surface area (Å²) in [7, 11) is 0. The Labute approximate surface area is 150 Å². The Balaban J connectivity index is 1.81. The molecule has 1 atom stereocenters. The molecule has 0 aliphatic heterocycles. The monoisotopic (exact) mass is 365 g/mol. The van der Waals surface area contributed by atoms with E-state index in [1.54, 1.807) is 18.2 Å². The summed E-state index contributed by atoms with van der Waals surface area (Å²) < 4.78 is 5.15. The van der Waals surface area contributed by atoms with Crippen molar-refractivity contribution >= 4 is 35.1 Å². The molecule has 126 valence electrons. The topological polar surface area (TPSA) is 55.4 Å². The van der Waals surface area contributed by atoms with Crippen LogP contribution in [0.4, 0.5) is 0 Å². The Morgan fingerprint density at radius 2 is 1.75 bits per heavy atom. The van der Waals surface area contributed by atoms with Crippen LogP contribution in [-0.2, 0) is 27.3 Å². The van der Waals surface area contributed by atoms with E-state index >= 15 is 0 Å². The predicted molar refractivity (Wildman–Crippen MR) is 94.0 cm³/mol. The molecule has 0 bridgehead atoms. The van der Waals surface area contributed by atoms with Crippen LogP contribution < -0.4 is 5.32 Å². The number of nitrogens with one attached hydrogen (secondary N) is 1. The van der Waals surface area contributed by atoms with Crippen LogP contribution in [0.1, 0.15) is 18.1 Å². The quantitative estimate of drug-likeness (QED) is 0.792. The second-order valence-corrected chi connectivity index (χ2v) is 6.08. The standard InChI is InChI=1S/C18H17Cl2NO3/c1-12(18(23)21-11-13-5-3-2-4-6-13)24-17(22)10-14-7-8-15(19)16(20)9-14/h2-9,12H,10-11H2,1H3,(H,21,23)/t12-/m1/s1. The van der Waals surface area contributed by atoms with Crippen molar-refractivity contribution in [1.82, 2.24) is 5.32 Å². The zero-order valence-corrected chi connectivity index (χ0v) is 14.6. The molecule has 0 unspecified atom stereocenters. The highest BCUT2D eigenvalue weighted by molar-refractivity contribution is 6.42. The van der Waals surface area contributed by atoms with E-state index in [4.69, 9.17) is 27.9 Å². The first-order valence-electron chi connectivity index (χ1n) is 7.40. The molecule has 1 N–H and O–H groups in total. The van der Waals surface area contributed by atoms with E-state index in [2.05, 4.69) is 5.32 Å². The zero-order valence-electron chi connectivity index (χ0n) is 13.1. The number of hydrogen-bond donors (Lipinski definition) is 1. The minimum absolute atomic E-state index is 0.0210. The van der Waals surface area contributed by atoms with Crippen LogP contribution in [0.3, 0.4) is 0 Å². The first-order chi connectivity index (χ1) is 11.5. The summed E-state index contributed by atoms with van der Waals surface area (Å²) in [5.41, 5.74) is 1.64. The average Bonchev–Trinajstić information content (AvgIpc) is 2.56. The Bertz CT molecular complexity index is 719. The van der Waals surface area contributed by atoms with Crippen molar-refractivity contribution in [2.75, 3.05) is 0 Å². The van der Waals surface area contributed by atoms with Crippen LogP contribution in [0.15, 0.2) is 48.5 Å². The maximum Gasteiger partial charge on any atom is 0.311 e. The number of carbonyl (C=O) groups excluding carboxylic acids is 2. The molecule has 1 amide bonds. The van der Waals surface area contributed by atoms with Gasteiger partial charge in [-0.05, 0) is 30.2 Å². The molecule has 0 saturated carbocycles. The fourth-order valence-corrected chi connectivity index (χ4v) is 2.36. The van der Waals surface area contributed by atoms with Crippen LogP contribution in [0.5, 0.6) is 0 Å². The Kier molecular flexibility index (Phi) is 6.64. The van der Waals surface area contributed by atoms with Gasteiger partial charge in [-0.3, -0.25) is 9.59 Å². The molecule has 6 heteroatoms. The summed E-state index contributed by atoms with van der Waals surface area (Å²) in [5.74, 6) is -0.850.